The highest BCUT2D eigenvalue weighted by Crippen LogP contribution is 2.40. The molecule has 10 nitrogen and oxygen atoms in total. The van der Waals surface area contributed by atoms with Crippen molar-refractivity contribution in [2.75, 3.05) is 43.3 Å². The Morgan fingerprint density at radius 2 is 1.94 bits per heavy atom. The van der Waals surface area contributed by atoms with Crippen molar-refractivity contribution in [3.8, 4) is 17.2 Å². The normalized spacial score (nSPS) is 17.7. The molecule has 0 unspecified atom stereocenters. The van der Waals surface area contributed by atoms with Crippen molar-refractivity contribution in [3.63, 3.8) is 0 Å². The van der Waals surface area contributed by atoms with Gasteiger partial charge in [-0.15, -0.1) is 0 Å². The number of nitrogens with zero attached hydrogens (tertiary/aromatic N) is 4. The van der Waals surface area contributed by atoms with E-state index in [0.717, 1.165) is 36.6 Å². The predicted octanol–water partition coefficient (Wildman–Crippen LogP) is 3.16. The second-order valence-electron chi connectivity index (χ2n) is 8.26. The quantitative estimate of drug-likeness (QED) is 0.767. The molecule has 3 aliphatic rings. The molecule has 2 aromatic rings. The summed E-state index contributed by atoms with van der Waals surface area (Å²) in [6, 6.07) is 5.93. The Bertz CT molecular complexity index is 993. The number of carbonyl (C=O) groups is 1. The fourth-order valence-corrected chi connectivity index (χ4v) is 4.25. The Balaban J connectivity index is 1.30. The number of nitrogens with one attached hydrogen (secondary N) is 1. The molecular formula is C22H27N5O5. The molecule has 170 valence electrons. The van der Waals surface area contributed by atoms with E-state index in [1.807, 2.05) is 32.0 Å². The molecule has 1 saturated heterocycles. The first-order chi connectivity index (χ1) is 15.6. The minimum absolute atomic E-state index is 0.112. The van der Waals surface area contributed by atoms with Crippen LogP contribution in [0, 0.1) is 0 Å². The standard InChI is InChI=1S/C22H27N5O5/c1-14(2)32-22(28)26-7-5-16(6-8-26)27-9-10-29-19-20(23-12-24-21(19)27)25-15-3-4-17-18(11-15)31-13-30-17/h3-4,11-12,14,16H,5-10,13H2,1-2H3,(H,23,24,25). The maximum atomic E-state index is 12.2. The highest BCUT2D eigenvalue weighted by Gasteiger charge is 2.33. The van der Waals surface area contributed by atoms with E-state index in [4.69, 9.17) is 18.9 Å². The molecule has 0 bridgehead atoms. The first-order valence-electron chi connectivity index (χ1n) is 10.9. The van der Waals surface area contributed by atoms with Crippen molar-refractivity contribution in [3.05, 3.63) is 24.5 Å². The summed E-state index contributed by atoms with van der Waals surface area (Å²) in [5.74, 6) is 3.45. The molecule has 1 N–H and O–H groups in total. The van der Waals surface area contributed by atoms with E-state index in [9.17, 15) is 4.79 Å². The predicted molar refractivity (Wildman–Crippen MR) is 117 cm³/mol. The summed E-state index contributed by atoms with van der Waals surface area (Å²) in [4.78, 5) is 25.2. The van der Waals surface area contributed by atoms with E-state index in [1.165, 1.54) is 0 Å². The molecule has 5 rings (SSSR count). The molecule has 32 heavy (non-hydrogen) atoms. The second kappa shape index (κ2) is 8.60. The Kier molecular flexibility index (Phi) is 5.50. The summed E-state index contributed by atoms with van der Waals surface area (Å²) >= 11 is 0. The van der Waals surface area contributed by atoms with E-state index in [0.29, 0.717) is 37.0 Å². The Morgan fingerprint density at radius 3 is 2.75 bits per heavy atom. The molecule has 1 amide bonds. The van der Waals surface area contributed by atoms with Gasteiger partial charge in [-0.1, -0.05) is 0 Å². The van der Waals surface area contributed by atoms with Gasteiger partial charge in [-0.2, -0.15) is 0 Å². The van der Waals surface area contributed by atoms with Crippen LogP contribution in [-0.2, 0) is 4.74 Å². The summed E-state index contributed by atoms with van der Waals surface area (Å²) < 4.78 is 22.1. The summed E-state index contributed by atoms with van der Waals surface area (Å²) in [5.41, 5.74) is 0.827. The van der Waals surface area contributed by atoms with Gasteiger partial charge in [-0.3, -0.25) is 0 Å². The van der Waals surface area contributed by atoms with Gasteiger partial charge in [0, 0.05) is 30.9 Å². The molecule has 0 spiro atoms. The van der Waals surface area contributed by atoms with Crippen LogP contribution < -0.4 is 24.4 Å². The van der Waals surface area contributed by atoms with E-state index < -0.39 is 0 Å². The first-order valence-corrected chi connectivity index (χ1v) is 10.9. The molecule has 1 aromatic carbocycles. The molecule has 0 saturated carbocycles. The maximum Gasteiger partial charge on any atom is 0.410 e. The summed E-state index contributed by atoms with van der Waals surface area (Å²) in [6.45, 7) is 6.58. The van der Waals surface area contributed by atoms with Gasteiger partial charge >= 0.3 is 6.09 Å². The third kappa shape index (κ3) is 4.04. The SMILES string of the molecule is CC(C)OC(=O)N1CCC(N2CCOc3c(Nc4ccc5c(c4)OCO5)ncnc32)CC1. The highest BCUT2D eigenvalue weighted by molar-refractivity contribution is 5.72. The van der Waals surface area contributed by atoms with Gasteiger partial charge in [-0.25, -0.2) is 14.8 Å². The number of likely N-dealkylation sites (tertiary alicyclic amines) is 1. The zero-order valence-electron chi connectivity index (χ0n) is 18.2. The first kappa shape index (κ1) is 20.5. The van der Waals surface area contributed by atoms with Crippen molar-refractivity contribution < 1.29 is 23.7 Å². The van der Waals surface area contributed by atoms with Crippen molar-refractivity contribution in [2.45, 2.75) is 38.8 Å². The molecule has 3 aliphatic heterocycles. The van der Waals surface area contributed by atoms with Crippen LogP contribution in [0.1, 0.15) is 26.7 Å². The fraction of sp³-hybridized carbons (Fsp3) is 0.500. The minimum Gasteiger partial charge on any atom is -0.485 e. The number of rotatable bonds is 4. The average molecular weight is 441 g/mol. The number of ether oxygens (including phenoxy) is 4. The van der Waals surface area contributed by atoms with Crippen LogP contribution in [-0.4, -0.2) is 66.1 Å². The van der Waals surface area contributed by atoms with Gasteiger partial charge in [-0.05, 0) is 38.8 Å². The van der Waals surface area contributed by atoms with Gasteiger partial charge < -0.3 is 34.1 Å². The van der Waals surface area contributed by atoms with Crippen molar-refractivity contribution in [1.29, 1.82) is 0 Å². The lowest BCUT2D eigenvalue weighted by molar-refractivity contribution is 0.0687. The number of benzene rings is 1. The summed E-state index contributed by atoms with van der Waals surface area (Å²) in [5, 5.41) is 3.32. The third-order valence-corrected chi connectivity index (χ3v) is 5.77. The van der Waals surface area contributed by atoms with Crippen molar-refractivity contribution in [1.82, 2.24) is 14.9 Å². The largest absolute Gasteiger partial charge is 0.485 e. The van der Waals surface area contributed by atoms with Crippen LogP contribution in [0.25, 0.3) is 0 Å². The van der Waals surface area contributed by atoms with Gasteiger partial charge in [0.25, 0.3) is 0 Å². The number of amides is 1. The molecule has 10 heteroatoms. The number of aromatic nitrogens is 2. The second-order valence-corrected chi connectivity index (χ2v) is 8.26. The lowest BCUT2D eigenvalue weighted by atomic mass is 10.0. The summed E-state index contributed by atoms with van der Waals surface area (Å²) in [7, 11) is 0. The zero-order chi connectivity index (χ0) is 22.1. The molecule has 1 aromatic heterocycles. The molecular weight excluding hydrogens is 414 g/mol. The minimum atomic E-state index is -0.238. The molecule has 4 heterocycles. The van der Waals surface area contributed by atoms with Crippen LogP contribution in [0.5, 0.6) is 17.2 Å². The van der Waals surface area contributed by atoms with Crippen LogP contribution in [0.15, 0.2) is 24.5 Å². The van der Waals surface area contributed by atoms with Crippen LogP contribution >= 0.6 is 0 Å². The van der Waals surface area contributed by atoms with Crippen LogP contribution in [0.4, 0.5) is 22.1 Å². The lowest BCUT2D eigenvalue weighted by Gasteiger charge is -2.41. The monoisotopic (exact) mass is 441 g/mol. The Morgan fingerprint density at radius 1 is 1.12 bits per heavy atom. The molecule has 0 atom stereocenters. The van der Waals surface area contributed by atoms with E-state index in [-0.39, 0.29) is 25.0 Å². The maximum absolute atomic E-state index is 12.2. The summed E-state index contributed by atoms with van der Waals surface area (Å²) in [6.07, 6.45) is 2.89. The van der Waals surface area contributed by atoms with E-state index >= 15 is 0 Å². The van der Waals surface area contributed by atoms with Crippen molar-refractivity contribution in [2.24, 2.45) is 0 Å². The third-order valence-electron chi connectivity index (χ3n) is 5.77. The number of anilines is 3. The number of hydrogen-bond donors (Lipinski definition) is 1. The fourth-order valence-electron chi connectivity index (χ4n) is 4.25. The Hall–Kier alpha value is -3.43. The van der Waals surface area contributed by atoms with E-state index in [2.05, 4.69) is 20.2 Å². The molecule has 1 fully saturated rings. The number of hydrogen-bond acceptors (Lipinski definition) is 9. The lowest BCUT2D eigenvalue weighted by Crippen LogP contribution is -2.49. The average Bonchev–Trinajstić information content (AvgIpc) is 3.27. The number of carbonyl (C=O) groups excluding carboxylic acids is 1. The van der Waals surface area contributed by atoms with Gasteiger partial charge in [0.05, 0.1) is 12.6 Å². The van der Waals surface area contributed by atoms with Gasteiger partial charge in [0.2, 0.25) is 12.5 Å². The zero-order valence-corrected chi connectivity index (χ0v) is 18.2. The number of piperidine rings is 1. The topological polar surface area (TPSA) is 98.3 Å². The van der Waals surface area contributed by atoms with Crippen molar-refractivity contribution >= 4 is 23.4 Å². The van der Waals surface area contributed by atoms with Crippen LogP contribution in [0.3, 0.4) is 0 Å². The highest BCUT2D eigenvalue weighted by atomic mass is 16.7. The van der Waals surface area contributed by atoms with Gasteiger partial charge in [0.1, 0.15) is 12.9 Å². The Labute approximate surface area is 186 Å². The van der Waals surface area contributed by atoms with Gasteiger partial charge in [0.15, 0.2) is 23.1 Å². The molecule has 0 radical (unpaired) electrons. The van der Waals surface area contributed by atoms with Crippen LogP contribution in [0.2, 0.25) is 0 Å². The smallest absolute Gasteiger partial charge is 0.410 e. The van der Waals surface area contributed by atoms with E-state index in [1.54, 1.807) is 11.2 Å². The number of fused-ring (bicyclic) bond motifs is 2. The molecule has 0 aliphatic carbocycles.